The predicted molar refractivity (Wildman–Crippen MR) is 414 cm³/mol. The molecule has 5 aromatic rings. The van der Waals surface area contributed by atoms with Crippen molar-refractivity contribution in [2.45, 2.75) is 173 Å². The zero-order chi connectivity index (χ0) is 78.2. The molecule has 5 aliphatic carbocycles. The number of hydrogen-bond acceptors (Lipinski definition) is 16. The van der Waals surface area contributed by atoms with Crippen LogP contribution >= 0.6 is 0 Å². The van der Waals surface area contributed by atoms with Crippen LogP contribution in [0.1, 0.15) is 169 Å². The summed E-state index contributed by atoms with van der Waals surface area (Å²) < 4.78 is 22.3. The lowest BCUT2D eigenvalue weighted by Gasteiger charge is -2.56. The molecule has 11 rings (SSSR count). The number of fused-ring (bicyclic) bond motifs is 8. The molecular formula is C84H106N10O16. The number of phenolic OH excluding ortho intramolecular Hbond substituents is 1. The topological polar surface area (TPSA) is 374 Å². The molecule has 0 spiro atoms. The second-order valence-electron chi connectivity index (χ2n) is 31.1. The van der Waals surface area contributed by atoms with E-state index in [2.05, 4.69) is 62.5 Å². The molecule has 0 unspecified atom stereocenters. The summed E-state index contributed by atoms with van der Waals surface area (Å²) in [4.78, 5) is 137. The van der Waals surface area contributed by atoms with E-state index in [1.54, 1.807) is 41.3 Å². The number of carbonyl (C=O) groups excluding carboxylic acids is 10. The van der Waals surface area contributed by atoms with Gasteiger partial charge in [0.05, 0.1) is 69.3 Å². The van der Waals surface area contributed by atoms with E-state index in [-0.39, 0.29) is 151 Å². The maximum atomic E-state index is 14.8. The molecule has 0 aromatic heterocycles. The minimum Gasteiger partial charge on any atom is -0.508 e. The second-order valence-corrected chi connectivity index (χ2v) is 31.1. The Balaban J connectivity index is 0.578. The molecule has 1 aliphatic heterocycles. The van der Waals surface area contributed by atoms with Crippen LogP contribution in [0.4, 0.5) is 26.7 Å². The molecule has 0 saturated heterocycles. The maximum absolute atomic E-state index is 14.8. The standard InChI is InChI=1S/C84H106N10O16/c1-80-34-10-36-82(3,74(101)93-75(102)83(4)37-11-35-81(2)64-50-62(96)29-23-57(64)25-31-69(81)83)68(80)30-24-56-22-28-61(49-63(56)80)90-73(100)66(52-95)92-79(106)110-53-54-18-26-60(27-19-54)89-72(99)65(16-9-40-88-78(85)105)91-77(104)84(38-12-39-84)76(103)87-42-44-108-46-48-109-47-45-107-43-41-86-70(97)32-33-71(98)94-51-59-15-6-5-13-55(59)20-21-58-14-7-8-17-67(58)94/h5-8,13-15,17-23,26-29,49-50,65-66,68-69,95-96H,9-12,16,24-25,30-48,51-53H2,1-4H3,(H,86,97)(H,87,103)(H,89,99)(H,90,100)(H,91,104)(H,92,106)(H3,85,88,105)(H,93,101,102)/b21-20-/t65-,66-,68+,69+,80+,81+,82-,83-/m0/s1. The van der Waals surface area contributed by atoms with Gasteiger partial charge in [0.2, 0.25) is 47.3 Å². The molecular weight excluding hydrogens is 1400 g/mol. The van der Waals surface area contributed by atoms with Gasteiger partial charge in [0.15, 0.2) is 0 Å². The number of hydrogen-bond donors (Lipinski definition) is 11. The molecule has 110 heavy (non-hydrogen) atoms. The van der Waals surface area contributed by atoms with Crippen molar-refractivity contribution >= 4 is 88.6 Å². The van der Waals surface area contributed by atoms with Crippen molar-refractivity contribution in [1.29, 1.82) is 0 Å². The third-order valence-electron chi connectivity index (χ3n) is 24.0. The molecule has 12 N–H and O–H groups in total. The summed E-state index contributed by atoms with van der Waals surface area (Å²) >= 11 is 0. The van der Waals surface area contributed by atoms with Crippen LogP contribution in [0.5, 0.6) is 5.75 Å². The number of alkyl carbamates (subject to hydrolysis) is 1. The van der Waals surface area contributed by atoms with Crippen LogP contribution in [0.3, 0.4) is 0 Å². The summed E-state index contributed by atoms with van der Waals surface area (Å²) in [5, 5.41) is 42.8. The number of benzene rings is 5. The number of imide groups is 1. The molecule has 1 heterocycles. The number of aliphatic hydroxyl groups is 1. The van der Waals surface area contributed by atoms with E-state index in [4.69, 9.17) is 24.7 Å². The Labute approximate surface area is 642 Å². The van der Waals surface area contributed by atoms with Crippen molar-refractivity contribution in [3.05, 3.63) is 154 Å². The van der Waals surface area contributed by atoms with Gasteiger partial charge in [-0.1, -0.05) is 126 Å². The van der Waals surface area contributed by atoms with Gasteiger partial charge in [-0.15, -0.1) is 0 Å². The Morgan fingerprint density at radius 2 is 1.12 bits per heavy atom. The van der Waals surface area contributed by atoms with Gasteiger partial charge >= 0.3 is 12.1 Å². The highest BCUT2D eigenvalue weighted by molar-refractivity contribution is 6.08. The van der Waals surface area contributed by atoms with Gasteiger partial charge in [-0.05, 0) is 187 Å². The van der Waals surface area contributed by atoms with E-state index in [0.29, 0.717) is 49.2 Å². The Morgan fingerprint density at radius 3 is 1.75 bits per heavy atom. The van der Waals surface area contributed by atoms with Gasteiger partial charge < -0.3 is 77.0 Å². The molecule has 3 saturated carbocycles. The third-order valence-corrected chi connectivity index (χ3v) is 24.0. The van der Waals surface area contributed by atoms with Gasteiger partial charge in [0, 0.05) is 43.9 Å². The van der Waals surface area contributed by atoms with E-state index >= 15 is 0 Å². The third kappa shape index (κ3) is 18.7. The highest BCUT2D eigenvalue weighted by Crippen LogP contribution is 2.60. The minimum atomic E-state index is -1.43. The molecule has 8 atom stereocenters. The fraction of sp³-hybridized carbons (Fsp3) is 0.500. The zero-order valence-corrected chi connectivity index (χ0v) is 63.5. The first-order valence-corrected chi connectivity index (χ1v) is 38.7. The SMILES string of the molecule is C[C@]1(C(=O)NC(=O)[C@@]2(C)CCC[C@]3(C)c4cc(NC(=O)[C@H](CO)NC(=O)OCc5ccc(NC(=O)[C@H](CCCNC(N)=O)NC(=O)C6(C(=O)NCCOCCOCCOCCNC(=O)CCC(=O)N7Cc8ccccc8/C=C\c8ccccc87)CCC6)cc5)ccc4CC[C@@H]23)CCC[C@]2(C)c3cc(O)ccc3CC[C@@H]12. The fourth-order valence-corrected chi connectivity index (χ4v) is 17.8. The molecule has 11 amide bonds. The van der Waals surface area contributed by atoms with Crippen molar-refractivity contribution in [3.8, 4) is 5.75 Å². The number of primary amides is 1. The van der Waals surface area contributed by atoms with Crippen molar-refractivity contribution in [3.63, 3.8) is 0 Å². The largest absolute Gasteiger partial charge is 0.508 e. The number of rotatable bonds is 32. The van der Waals surface area contributed by atoms with Gasteiger partial charge in [-0.25, -0.2) is 9.59 Å². The maximum Gasteiger partial charge on any atom is 0.408 e. The lowest BCUT2D eigenvalue weighted by atomic mass is 9.49. The number of nitrogens with one attached hydrogen (secondary N) is 8. The van der Waals surface area contributed by atoms with Crippen LogP contribution in [0.25, 0.3) is 12.2 Å². The number of nitrogens with zero attached hydrogens (tertiary/aromatic N) is 1. The molecule has 26 heteroatoms. The zero-order valence-electron chi connectivity index (χ0n) is 63.5. The lowest BCUT2D eigenvalue weighted by Crippen LogP contribution is -2.60. The summed E-state index contributed by atoms with van der Waals surface area (Å²) in [6.45, 7) is 9.64. The molecule has 0 bridgehead atoms. The quantitative estimate of drug-likeness (QED) is 0.0109. The van der Waals surface area contributed by atoms with Crippen LogP contribution in [-0.4, -0.2) is 148 Å². The number of nitrogens with two attached hydrogens (primary N) is 1. The summed E-state index contributed by atoms with van der Waals surface area (Å²) in [5.74, 6) is -3.26. The molecule has 588 valence electrons. The van der Waals surface area contributed by atoms with Crippen LogP contribution in [0.15, 0.2) is 109 Å². The number of ether oxygens (including phenoxy) is 4. The first-order chi connectivity index (χ1) is 52.9. The van der Waals surface area contributed by atoms with Crippen LogP contribution in [0.2, 0.25) is 0 Å². The summed E-state index contributed by atoms with van der Waals surface area (Å²) in [6, 6.07) is 29.9. The first kappa shape index (κ1) is 81.0. The van der Waals surface area contributed by atoms with Crippen molar-refractivity contribution in [2.24, 2.45) is 33.8 Å². The van der Waals surface area contributed by atoms with Gasteiger partial charge in [0.1, 0.15) is 29.9 Å². The molecule has 26 nitrogen and oxygen atoms in total. The number of aliphatic hydroxyl groups excluding tert-OH is 1. The number of para-hydroxylation sites is 1. The average molecular weight is 1510 g/mol. The Kier molecular flexibility index (Phi) is 26.7. The summed E-state index contributed by atoms with van der Waals surface area (Å²) in [5.41, 5.74) is 10.8. The highest BCUT2D eigenvalue weighted by Gasteiger charge is 2.59. The monoisotopic (exact) mass is 1510 g/mol. The number of aromatic hydroxyl groups is 1. The number of phenols is 1. The lowest BCUT2D eigenvalue weighted by molar-refractivity contribution is -0.152. The normalized spacial score (nSPS) is 22.6. The second kappa shape index (κ2) is 36.2. The molecule has 0 radical (unpaired) electrons. The number of carbonyl (C=O) groups is 10. The molecule has 3 fully saturated rings. The van der Waals surface area contributed by atoms with Crippen LogP contribution in [0, 0.1) is 28.1 Å². The number of urea groups is 1. The summed E-state index contributed by atoms with van der Waals surface area (Å²) in [6.07, 6.45) is 12.1. The van der Waals surface area contributed by atoms with Crippen molar-refractivity contribution in [2.75, 3.05) is 81.4 Å². The Hall–Kier alpha value is -10.0. The smallest absolute Gasteiger partial charge is 0.408 e. The van der Waals surface area contributed by atoms with Crippen LogP contribution < -0.4 is 53.2 Å². The van der Waals surface area contributed by atoms with E-state index in [1.807, 2.05) is 92.7 Å². The number of anilines is 3. The first-order valence-electron chi connectivity index (χ1n) is 38.7. The number of aryl methyl sites for hydroxylation is 2. The van der Waals surface area contributed by atoms with Gasteiger partial charge in [-0.2, -0.15) is 0 Å². The minimum absolute atomic E-state index is 0.0185. The van der Waals surface area contributed by atoms with E-state index in [1.165, 1.54) is 5.56 Å². The van der Waals surface area contributed by atoms with Gasteiger partial charge in [-0.3, -0.25) is 43.7 Å². The van der Waals surface area contributed by atoms with Gasteiger partial charge in [0.25, 0.3) is 0 Å². The van der Waals surface area contributed by atoms with Crippen LogP contribution in [-0.2, 0) is 94.1 Å². The van der Waals surface area contributed by atoms with E-state index in [0.717, 1.165) is 84.0 Å². The Morgan fingerprint density at radius 1 is 0.555 bits per heavy atom. The Bertz CT molecular complexity index is 4240. The number of amides is 11. The summed E-state index contributed by atoms with van der Waals surface area (Å²) in [7, 11) is 0. The highest BCUT2D eigenvalue weighted by atomic mass is 16.6. The fourth-order valence-electron chi connectivity index (χ4n) is 17.8. The van der Waals surface area contributed by atoms with Crippen molar-refractivity contribution < 1.29 is 77.1 Å². The van der Waals surface area contributed by atoms with Crippen molar-refractivity contribution in [1.82, 2.24) is 31.9 Å². The average Bonchev–Trinajstić information content (AvgIpc) is 0.720. The molecule has 5 aromatic carbocycles. The van der Waals surface area contributed by atoms with E-state index < -0.39 is 76.1 Å². The predicted octanol–water partition coefficient (Wildman–Crippen LogP) is 8.80. The van der Waals surface area contributed by atoms with E-state index in [9.17, 15) is 58.2 Å². The molecule has 6 aliphatic rings.